The molecule has 23 heavy (non-hydrogen) atoms. The molecule has 0 atom stereocenters. The van der Waals surface area contributed by atoms with E-state index in [1.807, 2.05) is 0 Å². The van der Waals surface area contributed by atoms with Gasteiger partial charge in [-0.3, -0.25) is 19.2 Å². The van der Waals surface area contributed by atoms with Gasteiger partial charge < -0.3 is 31.9 Å². The zero-order valence-electron chi connectivity index (χ0n) is 14.3. The van der Waals surface area contributed by atoms with Crippen molar-refractivity contribution in [3.05, 3.63) is 0 Å². The van der Waals surface area contributed by atoms with E-state index in [0.717, 1.165) is 40.5 Å². The molecule has 10 nitrogen and oxygen atoms in total. The molecule has 0 fully saturated rings. The van der Waals surface area contributed by atoms with Gasteiger partial charge in [0.05, 0.1) is 6.17 Å². The summed E-state index contributed by atoms with van der Waals surface area (Å²) in [5, 5.41) is 29.7. The summed E-state index contributed by atoms with van der Waals surface area (Å²) in [6.07, 6.45) is 3.19. The molecular formula is C13H30N2O8. The third kappa shape index (κ3) is 1940. The second kappa shape index (κ2) is 28.0. The third-order valence-electron chi connectivity index (χ3n) is 0.891. The average Bonchev–Trinajstić information content (AvgIpc) is 2.22. The van der Waals surface area contributed by atoms with E-state index in [1.165, 1.54) is 6.42 Å². The predicted octanol–water partition coefficient (Wildman–Crippen LogP) is 0.784. The van der Waals surface area contributed by atoms with Gasteiger partial charge in [-0.25, -0.2) is 0 Å². The zero-order chi connectivity index (χ0) is 20.0. The highest BCUT2D eigenvalue weighted by Crippen LogP contribution is 1.91. The van der Waals surface area contributed by atoms with E-state index in [-0.39, 0.29) is 6.17 Å². The number of carboxylic acids is 4. The molecule has 0 aliphatic heterocycles. The number of unbranched alkanes of at least 4 members (excludes halogenated alkanes) is 1. The van der Waals surface area contributed by atoms with Crippen LogP contribution in [0.2, 0.25) is 0 Å². The van der Waals surface area contributed by atoms with Crippen molar-refractivity contribution in [1.82, 2.24) is 0 Å². The van der Waals surface area contributed by atoms with E-state index in [4.69, 9.17) is 51.1 Å². The van der Waals surface area contributed by atoms with Crippen LogP contribution < -0.4 is 11.5 Å². The van der Waals surface area contributed by atoms with Gasteiger partial charge in [-0.1, -0.05) is 19.8 Å². The Morgan fingerprint density at radius 3 is 0.957 bits per heavy atom. The van der Waals surface area contributed by atoms with Crippen molar-refractivity contribution in [2.75, 3.05) is 0 Å². The number of nitrogens with two attached hydrogens (primary N) is 2. The van der Waals surface area contributed by atoms with Gasteiger partial charge in [0, 0.05) is 27.7 Å². The fraction of sp³-hybridized carbons (Fsp3) is 0.692. The minimum atomic E-state index is -0.833. The summed E-state index contributed by atoms with van der Waals surface area (Å²) < 4.78 is 0. The molecule has 0 rings (SSSR count). The second-order valence-corrected chi connectivity index (χ2v) is 3.88. The van der Waals surface area contributed by atoms with Crippen LogP contribution in [-0.4, -0.2) is 50.5 Å². The highest BCUT2D eigenvalue weighted by molar-refractivity contribution is 5.63. The lowest BCUT2D eigenvalue weighted by Crippen LogP contribution is -2.29. The standard InChI is InChI=1S/C5H14N2.4C2H4O2/c1-2-3-4-5(6)7;4*1-2(3)4/h5H,2-4,6-7H2,1H3;4*1H3,(H,3,4). The van der Waals surface area contributed by atoms with E-state index in [9.17, 15) is 0 Å². The van der Waals surface area contributed by atoms with E-state index in [2.05, 4.69) is 6.92 Å². The maximum atomic E-state index is 9.00. The lowest BCUT2D eigenvalue weighted by atomic mass is 10.2. The first-order valence-corrected chi connectivity index (χ1v) is 6.49. The Bertz CT molecular complexity index is 242. The third-order valence-corrected chi connectivity index (χ3v) is 0.891. The SMILES string of the molecule is CC(=O)O.CC(=O)O.CC(=O)O.CC(=O)O.CCCCC(N)N. The fourth-order valence-corrected chi connectivity index (χ4v) is 0.440. The lowest BCUT2D eigenvalue weighted by Gasteiger charge is -2.00. The Morgan fingerprint density at radius 1 is 0.739 bits per heavy atom. The van der Waals surface area contributed by atoms with Crippen LogP contribution in [0.3, 0.4) is 0 Å². The number of aliphatic carboxylic acids is 4. The van der Waals surface area contributed by atoms with Crippen molar-refractivity contribution in [2.45, 2.75) is 60.0 Å². The van der Waals surface area contributed by atoms with Gasteiger partial charge >= 0.3 is 0 Å². The minimum Gasteiger partial charge on any atom is -0.481 e. The molecule has 0 aromatic rings. The van der Waals surface area contributed by atoms with Crippen LogP contribution in [0.1, 0.15) is 53.9 Å². The Kier molecular flexibility index (Phi) is 39.8. The first-order valence-electron chi connectivity index (χ1n) is 6.49. The van der Waals surface area contributed by atoms with Crippen LogP contribution in [0, 0.1) is 0 Å². The maximum Gasteiger partial charge on any atom is 0.300 e. The molecular weight excluding hydrogens is 312 g/mol. The molecule has 0 bridgehead atoms. The summed E-state index contributed by atoms with van der Waals surface area (Å²) in [7, 11) is 0. The number of hydrogen-bond donors (Lipinski definition) is 6. The van der Waals surface area contributed by atoms with Crippen molar-refractivity contribution >= 4 is 23.9 Å². The largest absolute Gasteiger partial charge is 0.481 e. The maximum absolute atomic E-state index is 9.00. The smallest absolute Gasteiger partial charge is 0.300 e. The first kappa shape index (κ1) is 32.7. The van der Waals surface area contributed by atoms with Crippen molar-refractivity contribution in [1.29, 1.82) is 0 Å². The molecule has 0 aromatic heterocycles. The van der Waals surface area contributed by atoms with Crippen LogP contribution in [0.4, 0.5) is 0 Å². The predicted molar refractivity (Wildman–Crippen MR) is 84.9 cm³/mol. The van der Waals surface area contributed by atoms with Crippen LogP contribution in [0.25, 0.3) is 0 Å². The van der Waals surface area contributed by atoms with Crippen molar-refractivity contribution in [2.24, 2.45) is 11.5 Å². The molecule has 8 N–H and O–H groups in total. The molecule has 0 saturated heterocycles. The van der Waals surface area contributed by atoms with Gasteiger partial charge in [0.25, 0.3) is 23.9 Å². The summed E-state index contributed by atoms with van der Waals surface area (Å²) in [5.74, 6) is -3.33. The fourth-order valence-electron chi connectivity index (χ4n) is 0.440. The summed E-state index contributed by atoms with van der Waals surface area (Å²) in [6.45, 7) is 6.46. The minimum absolute atomic E-state index is 0.0973. The number of carboxylic acid groups (broad SMARTS) is 4. The van der Waals surface area contributed by atoms with Crippen molar-refractivity contribution < 1.29 is 39.6 Å². The van der Waals surface area contributed by atoms with Crippen LogP contribution in [0.15, 0.2) is 0 Å². The Hall–Kier alpha value is -2.20. The van der Waals surface area contributed by atoms with E-state index >= 15 is 0 Å². The Labute approximate surface area is 136 Å². The van der Waals surface area contributed by atoms with Gasteiger partial charge in [-0.2, -0.15) is 0 Å². The number of carbonyl (C=O) groups is 4. The molecule has 0 radical (unpaired) electrons. The molecule has 10 heteroatoms. The number of rotatable bonds is 3. The van der Waals surface area contributed by atoms with E-state index < -0.39 is 23.9 Å². The van der Waals surface area contributed by atoms with Gasteiger partial charge in [0.2, 0.25) is 0 Å². The zero-order valence-corrected chi connectivity index (χ0v) is 14.3. The highest BCUT2D eigenvalue weighted by atomic mass is 16.4. The second-order valence-electron chi connectivity index (χ2n) is 3.88. The highest BCUT2D eigenvalue weighted by Gasteiger charge is 1.88. The average molecular weight is 342 g/mol. The molecule has 0 aromatic carbocycles. The monoisotopic (exact) mass is 342 g/mol. The summed E-state index contributed by atoms with van der Waals surface area (Å²) in [5.41, 5.74) is 10.5. The summed E-state index contributed by atoms with van der Waals surface area (Å²) in [6, 6.07) is 0. The normalized spacial score (nSPS) is 7.48. The molecule has 0 aliphatic rings. The van der Waals surface area contributed by atoms with Crippen LogP contribution in [0.5, 0.6) is 0 Å². The molecule has 0 aliphatic carbocycles. The van der Waals surface area contributed by atoms with Crippen molar-refractivity contribution in [3.63, 3.8) is 0 Å². The summed E-state index contributed by atoms with van der Waals surface area (Å²) in [4.78, 5) is 36.0. The molecule has 140 valence electrons. The quantitative estimate of drug-likeness (QED) is 0.398. The molecule has 0 amide bonds. The Balaban J connectivity index is -0.0000000604. The van der Waals surface area contributed by atoms with E-state index in [1.54, 1.807) is 0 Å². The van der Waals surface area contributed by atoms with Gasteiger partial charge in [0.15, 0.2) is 0 Å². The van der Waals surface area contributed by atoms with Gasteiger partial charge in [-0.05, 0) is 6.42 Å². The molecule has 0 heterocycles. The van der Waals surface area contributed by atoms with Gasteiger partial charge in [0.1, 0.15) is 0 Å². The lowest BCUT2D eigenvalue weighted by molar-refractivity contribution is -0.135. The van der Waals surface area contributed by atoms with E-state index in [0.29, 0.717) is 0 Å². The molecule has 0 spiro atoms. The van der Waals surface area contributed by atoms with Crippen LogP contribution in [-0.2, 0) is 19.2 Å². The van der Waals surface area contributed by atoms with Crippen LogP contribution >= 0.6 is 0 Å². The topological polar surface area (TPSA) is 201 Å². The Morgan fingerprint density at radius 2 is 0.913 bits per heavy atom. The van der Waals surface area contributed by atoms with Crippen molar-refractivity contribution in [3.8, 4) is 0 Å². The molecule has 0 unspecified atom stereocenters. The first-order chi connectivity index (χ1) is 10.2. The summed E-state index contributed by atoms with van der Waals surface area (Å²) >= 11 is 0. The number of hydrogen-bond acceptors (Lipinski definition) is 6. The molecule has 0 saturated carbocycles. The van der Waals surface area contributed by atoms with Gasteiger partial charge in [-0.15, -0.1) is 0 Å².